The van der Waals surface area contributed by atoms with Gasteiger partial charge in [0.15, 0.2) is 24.2 Å². The van der Waals surface area contributed by atoms with Gasteiger partial charge in [0.1, 0.15) is 37.1 Å². The molecule has 0 aliphatic carbocycles. The van der Waals surface area contributed by atoms with Gasteiger partial charge in [-0.25, -0.2) is 9.59 Å². The van der Waals surface area contributed by atoms with Crippen molar-refractivity contribution in [2.24, 2.45) is 0 Å². The molecular formula is C32H42FN3O18. The fourth-order valence-corrected chi connectivity index (χ4v) is 6.43. The lowest BCUT2D eigenvalue weighted by molar-refractivity contribution is -0.321. The molecule has 3 aliphatic heterocycles. The molecule has 0 bridgehead atoms. The number of amides is 1. The lowest BCUT2D eigenvalue weighted by atomic mass is 9.88. The van der Waals surface area contributed by atoms with Crippen molar-refractivity contribution in [1.29, 1.82) is 0 Å². The monoisotopic (exact) mass is 775 g/mol. The molecule has 300 valence electrons. The molecule has 2 N–H and O–H groups in total. The summed E-state index contributed by atoms with van der Waals surface area (Å²) in [6, 6.07) is -1.45. The maximum Gasteiger partial charge on any atom is 0.366 e. The molecular weight excluding hydrogens is 733 g/mol. The third-order valence-electron chi connectivity index (χ3n) is 8.30. The minimum atomic E-state index is -2.60. The van der Waals surface area contributed by atoms with E-state index in [1.54, 1.807) is 13.8 Å². The molecule has 3 saturated heterocycles. The van der Waals surface area contributed by atoms with E-state index in [0.29, 0.717) is 6.20 Å². The predicted molar refractivity (Wildman–Crippen MR) is 170 cm³/mol. The number of hydrogen-bond acceptors (Lipinski definition) is 18. The molecule has 54 heavy (non-hydrogen) atoms. The fraction of sp³-hybridized carbons (Fsp3) is 0.688. The number of aromatic nitrogens is 2. The lowest BCUT2D eigenvalue weighted by Crippen LogP contribution is -2.69. The summed E-state index contributed by atoms with van der Waals surface area (Å²) in [6.45, 7) is 6.96. The second-order valence-corrected chi connectivity index (χ2v) is 13.0. The average Bonchev–Trinajstić information content (AvgIpc) is 3.55. The van der Waals surface area contributed by atoms with Crippen molar-refractivity contribution in [2.75, 3.05) is 20.3 Å². The second kappa shape index (κ2) is 16.7. The summed E-state index contributed by atoms with van der Waals surface area (Å²) in [5.74, 6) is -10.7. The highest BCUT2D eigenvalue weighted by atomic mass is 19.1. The van der Waals surface area contributed by atoms with Crippen LogP contribution in [-0.4, -0.2) is 126 Å². The summed E-state index contributed by atoms with van der Waals surface area (Å²) in [6.07, 6.45) is -11.5. The summed E-state index contributed by atoms with van der Waals surface area (Å²) in [4.78, 5) is 101. The van der Waals surface area contributed by atoms with Gasteiger partial charge in [-0.1, -0.05) is 0 Å². The Labute approximate surface area is 305 Å². The van der Waals surface area contributed by atoms with Crippen LogP contribution in [0, 0.1) is 5.82 Å². The maximum absolute atomic E-state index is 14.3. The van der Waals surface area contributed by atoms with Crippen molar-refractivity contribution >= 4 is 35.8 Å². The summed E-state index contributed by atoms with van der Waals surface area (Å²) >= 11 is 0. The van der Waals surface area contributed by atoms with Crippen LogP contribution in [0.4, 0.5) is 4.39 Å². The van der Waals surface area contributed by atoms with Gasteiger partial charge < -0.3 is 52.7 Å². The molecule has 0 aromatic carbocycles. The van der Waals surface area contributed by atoms with Crippen LogP contribution in [0.15, 0.2) is 15.8 Å². The molecule has 0 saturated carbocycles. The molecule has 21 nitrogen and oxygen atoms in total. The number of rotatable bonds is 13. The Balaban J connectivity index is 1.80. The molecule has 3 unspecified atom stereocenters. The number of H-pyrrole nitrogens is 1. The zero-order valence-electron chi connectivity index (χ0n) is 30.6. The number of carbonyl (C=O) groups is 6. The molecule has 1 aromatic rings. The Kier molecular flexibility index (Phi) is 13.0. The molecule has 1 aromatic heterocycles. The number of fused-ring (bicyclic) bond motifs is 1. The van der Waals surface area contributed by atoms with Crippen LogP contribution < -0.4 is 16.6 Å². The van der Waals surface area contributed by atoms with E-state index in [-0.39, 0.29) is 0 Å². The molecule has 22 heteroatoms. The van der Waals surface area contributed by atoms with Gasteiger partial charge >= 0.3 is 35.5 Å². The highest BCUT2D eigenvalue weighted by Gasteiger charge is 2.61. The number of hydrogen-bond donors (Lipinski definition) is 2. The van der Waals surface area contributed by atoms with Crippen molar-refractivity contribution in [3.8, 4) is 0 Å². The molecule has 4 rings (SSSR count). The lowest BCUT2D eigenvalue weighted by Gasteiger charge is -2.48. The molecule has 1 amide bonds. The van der Waals surface area contributed by atoms with E-state index in [1.807, 2.05) is 4.98 Å². The van der Waals surface area contributed by atoms with Gasteiger partial charge in [0.05, 0.1) is 32.4 Å². The first kappa shape index (κ1) is 42.0. The first-order chi connectivity index (χ1) is 25.2. The Morgan fingerprint density at radius 2 is 1.61 bits per heavy atom. The van der Waals surface area contributed by atoms with Crippen molar-refractivity contribution in [2.45, 2.75) is 121 Å². The Bertz CT molecular complexity index is 1750. The van der Waals surface area contributed by atoms with E-state index >= 15 is 0 Å². The topological polar surface area (TPSA) is 262 Å². The third-order valence-corrected chi connectivity index (χ3v) is 8.30. The summed E-state index contributed by atoms with van der Waals surface area (Å²) in [7, 11) is 0.976. The minimum absolute atomic E-state index is 0.627. The normalized spacial score (nSPS) is 29.5. The highest BCUT2D eigenvalue weighted by molar-refractivity contribution is 5.79. The smallest absolute Gasteiger partial charge is 0.366 e. The van der Waals surface area contributed by atoms with Crippen LogP contribution in [0.2, 0.25) is 0 Å². The number of nitrogens with zero attached hydrogens (tertiary/aromatic N) is 1. The standard InChI is InChI=1S/C32H42FN3O18/c1-13(37)34-22-19(48-15(3)39)9-32(29(43)45-8,54-25(22)23(50-17(5)41)20(49-16(4)40)11-46-14(2)38)47-12-21-24-26(53-31(6,7)52-24)28(51-21)36-10-18(33)27(42)35-30(36)44/h10,19-26,28H,9,11-12H2,1-8H3,(H,34,37)(H,35,42,44)/t19-,20-,21-,22-,23-,24?,25?,26+,28-,32?/m1/s1. The predicted octanol–water partition coefficient (Wildman–Crippen LogP) is -1.37. The van der Waals surface area contributed by atoms with Crippen molar-refractivity contribution in [1.82, 2.24) is 14.9 Å². The van der Waals surface area contributed by atoms with Gasteiger partial charge in [0.25, 0.3) is 11.3 Å². The number of aromatic amines is 1. The van der Waals surface area contributed by atoms with Crippen molar-refractivity contribution in [3.05, 3.63) is 32.9 Å². The highest BCUT2D eigenvalue weighted by Crippen LogP contribution is 2.44. The van der Waals surface area contributed by atoms with Crippen LogP contribution in [0.1, 0.15) is 61.1 Å². The number of carbonyl (C=O) groups excluding carboxylic acids is 6. The summed E-state index contributed by atoms with van der Waals surface area (Å²) < 4.78 is 72.0. The van der Waals surface area contributed by atoms with Gasteiger partial charge in [-0.2, -0.15) is 4.39 Å². The molecule has 3 fully saturated rings. The fourth-order valence-electron chi connectivity index (χ4n) is 6.43. The number of methoxy groups -OCH3 is 1. The van der Waals surface area contributed by atoms with E-state index in [2.05, 4.69) is 5.32 Å². The van der Waals surface area contributed by atoms with Gasteiger partial charge in [-0.3, -0.25) is 38.3 Å². The zero-order chi connectivity index (χ0) is 40.3. The number of ether oxygens (including phenoxy) is 10. The summed E-state index contributed by atoms with van der Waals surface area (Å²) in [5, 5.41) is 2.55. The second-order valence-electron chi connectivity index (χ2n) is 13.0. The first-order valence-electron chi connectivity index (χ1n) is 16.5. The average molecular weight is 776 g/mol. The maximum atomic E-state index is 14.3. The van der Waals surface area contributed by atoms with Gasteiger partial charge in [-0.15, -0.1) is 0 Å². The first-order valence-corrected chi connectivity index (χ1v) is 16.5. The quantitative estimate of drug-likeness (QED) is 0.173. The Hall–Kier alpha value is -4.77. The van der Waals surface area contributed by atoms with Gasteiger partial charge in [0, 0.05) is 34.6 Å². The minimum Gasteiger partial charge on any atom is -0.465 e. The van der Waals surface area contributed by atoms with Gasteiger partial charge in [0.2, 0.25) is 11.7 Å². The molecule has 4 heterocycles. The third kappa shape index (κ3) is 9.66. The molecule has 3 aliphatic rings. The van der Waals surface area contributed by atoms with Crippen molar-refractivity contribution in [3.63, 3.8) is 0 Å². The van der Waals surface area contributed by atoms with E-state index < -0.39 is 139 Å². The number of halogens is 1. The van der Waals surface area contributed by atoms with Crippen LogP contribution in [0.3, 0.4) is 0 Å². The summed E-state index contributed by atoms with van der Waals surface area (Å²) in [5.41, 5.74) is -2.31. The number of nitrogens with one attached hydrogen (secondary N) is 2. The van der Waals surface area contributed by atoms with E-state index in [9.17, 15) is 42.7 Å². The Morgan fingerprint density at radius 1 is 0.963 bits per heavy atom. The van der Waals surface area contributed by atoms with Crippen molar-refractivity contribution < 1.29 is 80.5 Å². The largest absolute Gasteiger partial charge is 0.465 e. The zero-order valence-corrected chi connectivity index (χ0v) is 30.6. The van der Waals surface area contributed by atoms with Crippen LogP contribution in [0.25, 0.3) is 0 Å². The van der Waals surface area contributed by atoms with Crippen LogP contribution in [0.5, 0.6) is 0 Å². The van der Waals surface area contributed by atoms with Crippen LogP contribution in [-0.2, 0) is 76.1 Å². The van der Waals surface area contributed by atoms with Gasteiger partial charge in [-0.05, 0) is 13.8 Å². The SMILES string of the molecule is COC(=O)C1(OC[C@H]2O[C@@H](n3cc(F)c(=O)[nH]c3=O)[C@H]3OC(C)(C)OC23)C[C@@H](OC(C)=O)[C@@H](NC(C)=O)C([C@H](OC(C)=O)[C@@H](COC(C)=O)OC(C)=O)O1. The van der Waals surface area contributed by atoms with E-state index in [1.165, 1.54) is 0 Å². The molecule has 10 atom stereocenters. The Morgan fingerprint density at radius 3 is 2.19 bits per heavy atom. The van der Waals surface area contributed by atoms with E-state index in [4.69, 9.17) is 47.4 Å². The molecule has 0 spiro atoms. The van der Waals surface area contributed by atoms with Crippen LogP contribution >= 0.6 is 0 Å². The number of esters is 5. The molecule has 0 radical (unpaired) electrons. The van der Waals surface area contributed by atoms with E-state index in [0.717, 1.165) is 46.3 Å².